The molecule has 2 heterocycles. The molecular formula is C37H46F2N6O6. The van der Waals surface area contributed by atoms with Gasteiger partial charge in [-0.05, 0) is 115 Å². The van der Waals surface area contributed by atoms with Gasteiger partial charge in [-0.3, -0.25) is 0 Å². The molecule has 4 aromatic rings. The monoisotopic (exact) mass is 708 g/mol. The van der Waals surface area contributed by atoms with E-state index in [-0.39, 0.29) is 17.4 Å². The van der Waals surface area contributed by atoms with Crippen LogP contribution in [-0.2, 0) is 22.3 Å². The Kier molecular flexibility index (Phi) is 15.5. The quantitative estimate of drug-likeness (QED) is 0.0897. The van der Waals surface area contributed by atoms with Gasteiger partial charge in [-0.1, -0.05) is 0 Å². The predicted molar refractivity (Wildman–Crippen MR) is 190 cm³/mol. The van der Waals surface area contributed by atoms with E-state index in [9.17, 15) is 23.5 Å². The summed E-state index contributed by atoms with van der Waals surface area (Å²) in [6, 6.07) is 8.71. The number of halogens is 2. The average molecular weight is 709 g/mol. The maximum atomic E-state index is 13.8. The fourth-order valence-corrected chi connectivity index (χ4v) is 5.17. The molecule has 51 heavy (non-hydrogen) atoms. The minimum absolute atomic E-state index is 0.0495. The molecule has 2 aromatic heterocycles. The van der Waals surface area contributed by atoms with Crippen molar-refractivity contribution < 1.29 is 37.7 Å². The number of aromatic nitrogens is 4. The number of carbonyl (C=O) groups is 2. The van der Waals surface area contributed by atoms with Crippen LogP contribution in [0.1, 0.15) is 81.3 Å². The van der Waals surface area contributed by atoms with Crippen molar-refractivity contribution in [3.8, 4) is 11.5 Å². The first-order valence-electron chi connectivity index (χ1n) is 16.7. The summed E-state index contributed by atoms with van der Waals surface area (Å²) in [7, 11) is 1.56. The van der Waals surface area contributed by atoms with E-state index in [2.05, 4.69) is 30.6 Å². The molecule has 2 aromatic carbocycles. The van der Waals surface area contributed by atoms with E-state index in [0.717, 1.165) is 0 Å². The van der Waals surface area contributed by atoms with Gasteiger partial charge in [0.2, 0.25) is 11.9 Å². The third-order valence-corrected chi connectivity index (χ3v) is 7.59. The normalized spacial score (nSPS) is 10.5. The third-order valence-electron chi connectivity index (χ3n) is 7.59. The molecule has 0 amide bonds. The molecule has 4 rings (SSSR count). The summed E-state index contributed by atoms with van der Waals surface area (Å²) < 4.78 is 42.6. The number of ether oxygens (including phenoxy) is 3. The number of hydrogen-bond donors (Lipinski definition) is 3. The molecule has 0 unspecified atom stereocenters. The number of phenolic OH excluding ortho intramolecular Hbond substituents is 1. The number of carbonyl (C=O) groups excluding carboxylic acids is 2. The van der Waals surface area contributed by atoms with Crippen molar-refractivity contribution in [2.45, 2.75) is 67.2 Å². The van der Waals surface area contributed by atoms with E-state index in [1.165, 1.54) is 24.3 Å². The summed E-state index contributed by atoms with van der Waals surface area (Å²) in [5.41, 5.74) is 4.09. The standard InChI is InChI=1S/C19H24FN3O3.C18H22FN3O3/c1-5-26-18(24)17-12(2)22-19(23-13(17)3)21-10-6-7-14-11-15(25-4)8-9-16(14)20;1-4-25-17(24)16-11(2)21-18(22-12(16)3)20-9-5-6-13-10-14(23)7-8-15(13)19/h8-9,11H,5-7,10H2,1-4H3,(H,21,22,23);7-8,10,23H,4-6,9H2,1-3H3,(H,20,21,22). The molecule has 3 N–H and O–H groups in total. The lowest BCUT2D eigenvalue weighted by Crippen LogP contribution is -2.14. The van der Waals surface area contributed by atoms with Crippen molar-refractivity contribution in [1.82, 2.24) is 19.9 Å². The van der Waals surface area contributed by atoms with Crippen molar-refractivity contribution in [1.29, 1.82) is 0 Å². The van der Waals surface area contributed by atoms with Gasteiger partial charge in [0, 0.05) is 13.1 Å². The van der Waals surface area contributed by atoms with Gasteiger partial charge in [-0.2, -0.15) is 0 Å². The Hall–Kier alpha value is -5.40. The lowest BCUT2D eigenvalue weighted by atomic mass is 10.1. The highest BCUT2D eigenvalue weighted by atomic mass is 19.1. The second-order valence-corrected chi connectivity index (χ2v) is 11.4. The molecule has 12 nitrogen and oxygen atoms in total. The Bertz CT molecular complexity index is 1760. The summed E-state index contributed by atoms with van der Waals surface area (Å²) in [4.78, 5) is 41.0. The van der Waals surface area contributed by atoms with Crippen LogP contribution in [-0.4, -0.2) is 70.4 Å². The number of nitrogens with one attached hydrogen (secondary N) is 2. The van der Waals surface area contributed by atoms with E-state index in [1.807, 2.05) is 0 Å². The Labute approximate surface area is 297 Å². The first-order valence-corrected chi connectivity index (χ1v) is 16.7. The Balaban J connectivity index is 0.000000276. The number of aromatic hydroxyl groups is 1. The second-order valence-electron chi connectivity index (χ2n) is 11.4. The molecule has 0 saturated heterocycles. The lowest BCUT2D eigenvalue weighted by molar-refractivity contribution is 0.0513. The molecule has 0 aliphatic heterocycles. The van der Waals surface area contributed by atoms with Gasteiger partial charge in [0.25, 0.3) is 0 Å². The van der Waals surface area contributed by atoms with Gasteiger partial charge < -0.3 is 30.0 Å². The van der Waals surface area contributed by atoms with Gasteiger partial charge in [0.05, 0.1) is 43.1 Å². The van der Waals surface area contributed by atoms with Crippen LogP contribution < -0.4 is 15.4 Å². The lowest BCUT2D eigenvalue weighted by Gasteiger charge is -2.11. The largest absolute Gasteiger partial charge is 0.508 e. The molecular weight excluding hydrogens is 662 g/mol. The van der Waals surface area contributed by atoms with Crippen LogP contribution in [0.25, 0.3) is 0 Å². The van der Waals surface area contributed by atoms with Crippen molar-refractivity contribution in [2.24, 2.45) is 0 Å². The SMILES string of the molecule is CCOC(=O)c1c(C)nc(NCCCc2cc(O)ccc2F)nc1C.CCOC(=O)c1c(C)nc(NCCCc2cc(OC)ccc2F)nc1C. The number of anilines is 2. The maximum Gasteiger partial charge on any atom is 0.341 e. The predicted octanol–water partition coefficient (Wildman–Crippen LogP) is 6.62. The van der Waals surface area contributed by atoms with E-state index in [0.29, 0.717) is 115 Å². The van der Waals surface area contributed by atoms with Crippen molar-refractivity contribution in [3.05, 3.63) is 93.1 Å². The molecule has 0 bridgehead atoms. The first kappa shape index (κ1) is 40.0. The molecule has 0 spiro atoms. The zero-order valence-corrected chi connectivity index (χ0v) is 30.2. The van der Waals surface area contributed by atoms with E-state index >= 15 is 0 Å². The number of esters is 2. The molecule has 0 atom stereocenters. The molecule has 0 fully saturated rings. The van der Waals surface area contributed by atoms with Gasteiger partial charge in [-0.15, -0.1) is 0 Å². The van der Waals surface area contributed by atoms with Gasteiger partial charge in [0.1, 0.15) is 34.3 Å². The number of nitrogens with zero attached hydrogens (tertiary/aromatic N) is 4. The summed E-state index contributed by atoms with van der Waals surface area (Å²) in [5, 5.41) is 15.6. The molecule has 274 valence electrons. The summed E-state index contributed by atoms with van der Waals surface area (Å²) in [5.74, 6) is 0.128. The Morgan fingerprint density at radius 1 is 0.686 bits per heavy atom. The van der Waals surface area contributed by atoms with Crippen molar-refractivity contribution in [2.75, 3.05) is 44.0 Å². The zero-order chi connectivity index (χ0) is 37.5. The van der Waals surface area contributed by atoms with Crippen LogP contribution >= 0.6 is 0 Å². The Morgan fingerprint density at radius 3 is 1.51 bits per heavy atom. The van der Waals surface area contributed by atoms with Crippen LogP contribution in [0.15, 0.2) is 36.4 Å². The van der Waals surface area contributed by atoms with Gasteiger partial charge in [-0.25, -0.2) is 38.3 Å². The average Bonchev–Trinajstić information content (AvgIpc) is 3.07. The number of hydrogen-bond acceptors (Lipinski definition) is 12. The van der Waals surface area contributed by atoms with Crippen LogP contribution in [0.3, 0.4) is 0 Å². The maximum absolute atomic E-state index is 13.8. The second kappa shape index (κ2) is 19.7. The molecule has 0 radical (unpaired) electrons. The smallest absolute Gasteiger partial charge is 0.341 e. The Morgan fingerprint density at radius 2 is 1.10 bits per heavy atom. The third kappa shape index (κ3) is 11.9. The zero-order valence-electron chi connectivity index (χ0n) is 30.2. The number of benzene rings is 2. The van der Waals surface area contributed by atoms with Gasteiger partial charge >= 0.3 is 11.9 Å². The van der Waals surface area contributed by atoms with Crippen LogP contribution in [0.4, 0.5) is 20.7 Å². The van der Waals surface area contributed by atoms with Gasteiger partial charge in [0.15, 0.2) is 0 Å². The van der Waals surface area contributed by atoms with Crippen LogP contribution in [0, 0.1) is 39.3 Å². The highest BCUT2D eigenvalue weighted by molar-refractivity contribution is 5.92. The fourth-order valence-electron chi connectivity index (χ4n) is 5.17. The molecule has 0 aliphatic carbocycles. The number of rotatable bonds is 15. The van der Waals surface area contributed by atoms with E-state index in [1.54, 1.807) is 60.8 Å². The minimum atomic E-state index is -0.427. The van der Waals surface area contributed by atoms with Crippen LogP contribution in [0.5, 0.6) is 11.5 Å². The summed E-state index contributed by atoms with van der Waals surface area (Å²) >= 11 is 0. The highest BCUT2D eigenvalue weighted by Gasteiger charge is 2.18. The fraction of sp³-hybridized carbons (Fsp3) is 0.405. The summed E-state index contributed by atoms with van der Waals surface area (Å²) in [6.45, 7) is 12.2. The molecule has 0 aliphatic rings. The summed E-state index contributed by atoms with van der Waals surface area (Å²) in [6.07, 6.45) is 2.38. The van der Waals surface area contributed by atoms with Crippen molar-refractivity contribution in [3.63, 3.8) is 0 Å². The molecule has 14 heteroatoms. The first-order chi connectivity index (χ1) is 24.4. The number of methoxy groups -OCH3 is 1. The number of aryl methyl sites for hydroxylation is 6. The highest BCUT2D eigenvalue weighted by Crippen LogP contribution is 2.20. The van der Waals surface area contributed by atoms with E-state index < -0.39 is 11.9 Å². The van der Waals surface area contributed by atoms with Crippen LogP contribution in [0.2, 0.25) is 0 Å². The number of phenols is 1. The minimum Gasteiger partial charge on any atom is -0.508 e. The molecule has 0 saturated carbocycles. The topological polar surface area (TPSA) is 158 Å². The van der Waals surface area contributed by atoms with Crippen molar-refractivity contribution >= 4 is 23.8 Å². The van der Waals surface area contributed by atoms with E-state index in [4.69, 9.17) is 14.2 Å².